The lowest BCUT2D eigenvalue weighted by atomic mass is 9.77. The van der Waals surface area contributed by atoms with E-state index in [1.807, 2.05) is 0 Å². The summed E-state index contributed by atoms with van der Waals surface area (Å²) in [7, 11) is 6.95. The van der Waals surface area contributed by atoms with Crippen LogP contribution in [0.25, 0.3) is 0 Å². The summed E-state index contributed by atoms with van der Waals surface area (Å²) in [5.74, 6) is 2.68. The second-order valence-corrected chi connectivity index (χ2v) is 21.6. The zero-order valence-corrected chi connectivity index (χ0v) is 38.9. The van der Waals surface area contributed by atoms with Crippen LogP contribution in [0.4, 0.5) is 17.8 Å². The molecule has 3 aliphatic heterocycles. The van der Waals surface area contributed by atoms with Crippen molar-refractivity contribution in [3.8, 4) is 0 Å². The monoisotopic (exact) mass is 754 g/mol. The second-order valence-electron chi connectivity index (χ2n) is 21.6. The fraction of sp³-hybridized carbons (Fsp3) is 0.933. The molecule has 0 bridgehead atoms. The standard InChI is InChI=1S/C45H87N9/c1-19-22-25-52(34-28-40(4,5)49(16)41(6,7)29-34)37-46-38(53(26-23-20-2)35-30-42(8,9)50(17)43(10,11)31-35)48-39(47-37)54(27-24-21-3)36-32-44(12,13)51(18)45(14,15)33-36/h34-36H,19-33H2,1-18H3. The smallest absolute Gasteiger partial charge is 0.232 e. The number of hydrogen-bond acceptors (Lipinski definition) is 9. The maximum atomic E-state index is 5.66. The van der Waals surface area contributed by atoms with Gasteiger partial charge in [-0.15, -0.1) is 0 Å². The molecule has 312 valence electrons. The third kappa shape index (κ3) is 9.69. The first-order valence-corrected chi connectivity index (χ1v) is 22.1. The van der Waals surface area contributed by atoms with E-state index >= 15 is 0 Å². The number of anilines is 3. The van der Waals surface area contributed by atoms with Gasteiger partial charge in [-0.3, -0.25) is 14.7 Å². The molecule has 0 amide bonds. The van der Waals surface area contributed by atoms with Gasteiger partial charge in [-0.05, 0) is 162 Å². The van der Waals surface area contributed by atoms with Gasteiger partial charge in [-0.2, -0.15) is 15.0 Å². The molecule has 0 spiro atoms. The number of hydrogen-bond donors (Lipinski definition) is 0. The number of aromatic nitrogens is 3. The summed E-state index contributed by atoms with van der Waals surface area (Å²) >= 11 is 0. The van der Waals surface area contributed by atoms with E-state index < -0.39 is 0 Å². The summed E-state index contributed by atoms with van der Waals surface area (Å²) in [6.45, 7) is 39.0. The van der Waals surface area contributed by atoms with Gasteiger partial charge in [0.2, 0.25) is 17.8 Å². The van der Waals surface area contributed by atoms with E-state index in [4.69, 9.17) is 15.0 Å². The Morgan fingerprint density at radius 2 is 0.593 bits per heavy atom. The van der Waals surface area contributed by atoms with Gasteiger partial charge in [-0.1, -0.05) is 40.0 Å². The first-order chi connectivity index (χ1) is 24.8. The highest BCUT2D eigenvalue weighted by atomic mass is 15.4. The molecule has 4 heterocycles. The minimum absolute atomic E-state index is 0.0620. The van der Waals surface area contributed by atoms with Crippen LogP contribution in [0.3, 0.4) is 0 Å². The number of nitrogens with zero attached hydrogens (tertiary/aromatic N) is 9. The van der Waals surface area contributed by atoms with Crippen molar-refractivity contribution in [2.75, 3.05) is 55.5 Å². The molecule has 54 heavy (non-hydrogen) atoms. The molecule has 0 aromatic carbocycles. The van der Waals surface area contributed by atoms with Gasteiger partial charge in [0.25, 0.3) is 0 Å². The molecule has 0 unspecified atom stereocenters. The Balaban J connectivity index is 1.97. The fourth-order valence-corrected chi connectivity index (χ4v) is 10.7. The van der Waals surface area contributed by atoms with E-state index in [-0.39, 0.29) is 33.2 Å². The first-order valence-electron chi connectivity index (χ1n) is 22.1. The minimum Gasteiger partial charge on any atom is -0.338 e. The Kier molecular flexibility index (Phi) is 13.9. The lowest BCUT2D eigenvalue weighted by molar-refractivity contribution is -0.0130. The van der Waals surface area contributed by atoms with Crippen molar-refractivity contribution in [3.05, 3.63) is 0 Å². The number of likely N-dealkylation sites (tertiary alicyclic amines) is 3. The number of piperidine rings is 3. The van der Waals surface area contributed by atoms with Crippen LogP contribution in [0.5, 0.6) is 0 Å². The van der Waals surface area contributed by atoms with Crippen LogP contribution in [0.1, 0.15) is 181 Å². The quantitative estimate of drug-likeness (QED) is 0.174. The van der Waals surface area contributed by atoms with Gasteiger partial charge in [0.1, 0.15) is 0 Å². The Labute approximate surface area is 334 Å². The Morgan fingerprint density at radius 1 is 0.407 bits per heavy atom. The van der Waals surface area contributed by atoms with Gasteiger partial charge in [0.15, 0.2) is 0 Å². The first kappa shape index (κ1) is 45.0. The van der Waals surface area contributed by atoms with Gasteiger partial charge >= 0.3 is 0 Å². The van der Waals surface area contributed by atoms with Gasteiger partial charge in [0, 0.05) is 71.0 Å². The van der Waals surface area contributed by atoms with Crippen LogP contribution in [0.2, 0.25) is 0 Å². The molecule has 0 N–H and O–H groups in total. The molecule has 0 atom stereocenters. The van der Waals surface area contributed by atoms with Crippen LogP contribution >= 0.6 is 0 Å². The lowest BCUT2D eigenvalue weighted by Crippen LogP contribution is -2.63. The van der Waals surface area contributed by atoms with Crippen LogP contribution in [0, 0.1) is 0 Å². The van der Waals surface area contributed by atoms with E-state index in [1.165, 1.54) is 0 Å². The summed E-state index contributed by atoms with van der Waals surface area (Å²) in [5, 5.41) is 0. The summed E-state index contributed by atoms with van der Waals surface area (Å²) < 4.78 is 0. The number of unbranched alkanes of at least 4 members (excludes halogenated alkanes) is 3. The Morgan fingerprint density at radius 3 is 0.759 bits per heavy atom. The van der Waals surface area contributed by atoms with Crippen molar-refractivity contribution in [1.29, 1.82) is 0 Å². The highest BCUT2D eigenvalue weighted by Gasteiger charge is 2.49. The highest BCUT2D eigenvalue weighted by Crippen LogP contribution is 2.44. The zero-order chi connectivity index (χ0) is 40.7. The predicted octanol–water partition coefficient (Wildman–Crippen LogP) is 9.65. The average Bonchev–Trinajstić information content (AvgIpc) is 3.05. The summed E-state index contributed by atoms with van der Waals surface area (Å²) in [5.41, 5.74) is 0.372. The summed E-state index contributed by atoms with van der Waals surface area (Å²) in [4.78, 5) is 32.7. The van der Waals surface area contributed by atoms with Crippen LogP contribution in [-0.2, 0) is 0 Å². The molecule has 0 aliphatic carbocycles. The lowest BCUT2D eigenvalue weighted by Gasteiger charge is -2.56. The van der Waals surface area contributed by atoms with Gasteiger partial charge in [-0.25, -0.2) is 0 Å². The van der Waals surface area contributed by atoms with Crippen molar-refractivity contribution in [1.82, 2.24) is 29.7 Å². The van der Waals surface area contributed by atoms with Crippen LogP contribution in [-0.4, -0.2) is 122 Å². The van der Waals surface area contributed by atoms with E-state index in [2.05, 4.69) is 154 Å². The summed E-state index contributed by atoms with van der Waals surface area (Å²) in [6, 6.07) is 1.03. The largest absolute Gasteiger partial charge is 0.338 e. The molecule has 4 rings (SSSR count). The topological polar surface area (TPSA) is 58.1 Å². The molecule has 9 nitrogen and oxygen atoms in total. The molecule has 1 aromatic heterocycles. The van der Waals surface area contributed by atoms with Crippen molar-refractivity contribution < 1.29 is 0 Å². The molecular formula is C45H87N9. The van der Waals surface area contributed by atoms with E-state index in [0.717, 1.165) is 115 Å². The van der Waals surface area contributed by atoms with Crippen molar-refractivity contribution in [2.45, 2.75) is 232 Å². The van der Waals surface area contributed by atoms with Crippen molar-refractivity contribution in [3.63, 3.8) is 0 Å². The van der Waals surface area contributed by atoms with Crippen LogP contribution in [0.15, 0.2) is 0 Å². The SMILES string of the molecule is CCCCN(c1nc(N(CCCC)C2CC(C)(C)N(C)C(C)(C)C2)nc(N(CCCC)C2CC(C)(C)N(C)C(C)(C)C2)n1)C1CC(C)(C)N(C)C(C)(C)C1. The Bertz CT molecular complexity index is 1140. The molecule has 1 aromatic rings. The predicted molar refractivity (Wildman–Crippen MR) is 233 cm³/mol. The number of rotatable bonds is 15. The third-order valence-electron chi connectivity index (χ3n) is 14.8. The van der Waals surface area contributed by atoms with Gasteiger partial charge < -0.3 is 14.7 Å². The molecular weight excluding hydrogens is 667 g/mol. The average molecular weight is 754 g/mol. The summed E-state index contributed by atoms with van der Waals surface area (Å²) in [6.07, 6.45) is 13.3. The minimum atomic E-state index is 0.0620. The molecule has 0 radical (unpaired) electrons. The van der Waals surface area contributed by atoms with E-state index in [0.29, 0.717) is 18.1 Å². The molecule has 9 heteroatoms. The maximum Gasteiger partial charge on any atom is 0.232 e. The van der Waals surface area contributed by atoms with Crippen molar-refractivity contribution in [2.24, 2.45) is 0 Å². The second kappa shape index (κ2) is 16.6. The third-order valence-corrected chi connectivity index (χ3v) is 14.8. The highest BCUT2D eigenvalue weighted by molar-refractivity contribution is 5.49. The fourth-order valence-electron chi connectivity index (χ4n) is 10.7. The van der Waals surface area contributed by atoms with E-state index in [1.54, 1.807) is 0 Å². The molecule has 3 fully saturated rings. The maximum absolute atomic E-state index is 5.66. The van der Waals surface area contributed by atoms with Crippen LogP contribution < -0.4 is 14.7 Å². The van der Waals surface area contributed by atoms with Crippen molar-refractivity contribution >= 4 is 17.8 Å². The molecule has 0 saturated carbocycles. The van der Waals surface area contributed by atoms with E-state index in [9.17, 15) is 0 Å². The van der Waals surface area contributed by atoms with Gasteiger partial charge in [0.05, 0.1) is 0 Å². The molecule has 3 saturated heterocycles. The zero-order valence-electron chi connectivity index (χ0n) is 38.9. The normalized spacial score (nSPS) is 24.8. The Hall–Kier alpha value is -1.71. The molecule has 3 aliphatic rings.